The average Bonchev–Trinajstić information content (AvgIpc) is 2.20. The van der Waals surface area contributed by atoms with Gasteiger partial charge in [0.05, 0.1) is 5.69 Å². The lowest BCUT2D eigenvalue weighted by molar-refractivity contribution is 1.16. The van der Waals surface area contributed by atoms with Crippen LogP contribution in [0.25, 0.3) is 5.57 Å². The van der Waals surface area contributed by atoms with Crippen molar-refractivity contribution in [2.45, 2.75) is 6.42 Å². The van der Waals surface area contributed by atoms with Gasteiger partial charge in [-0.2, -0.15) is 0 Å². The van der Waals surface area contributed by atoms with Crippen molar-refractivity contribution in [1.82, 2.24) is 9.97 Å². The first-order chi connectivity index (χ1) is 6.38. The third-order valence-corrected chi connectivity index (χ3v) is 2.16. The normalized spacial score (nSPS) is 15.7. The van der Waals surface area contributed by atoms with Crippen LogP contribution in [0.4, 0.5) is 0 Å². The summed E-state index contributed by atoms with van der Waals surface area (Å²) in [6, 6.07) is 0. The van der Waals surface area contributed by atoms with Crippen LogP contribution >= 0.6 is 12.2 Å². The lowest BCUT2D eigenvalue weighted by atomic mass is 10.0. The quantitative estimate of drug-likeness (QED) is 0.629. The minimum atomic E-state index is 0.733. The predicted molar refractivity (Wildman–Crippen MR) is 55.2 cm³/mol. The van der Waals surface area contributed by atoms with Crippen molar-refractivity contribution >= 4 is 22.7 Å². The van der Waals surface area contributed by atoms with E-state index >= 15 is 0 Å². The fraction of sp³-hybridized carbons (Fsp3) is 0.100. The summed E-state index contributed by atoms with van der Waals surface area (Å²) in [5.74, 6) is 0. The van der Waals surface area contributed by atoms with Crippen molar-refractivity contribution in [2.75, 3.05) is 0 Å². The zero-order valence-corrected chi connectivity index (χ0v) is 7.71. The van der Waals surface area contributed by atoms with Gasteiger partial charge >= 0.3 is 0 Å². The van der Waals surface area contributed by atoms with Gasteiger partial charge in [-0.25, -0.2) is 0 Å². The van der Waals surface area contributed by atoms with Crippen LogP contribution in [0, 0.1) is 6.20 Å². The molecule has 63 valence electrons. The number of nitrogens with zero attached hydrogens (tertiary/aromatic N) is 2. The highest BCUT2D eigenvalue weighted by molar-refractivity contribution is 7.81. The van der Waals surface area contributed by atoms with Crippen LogP contribution in [-0.4, -0.2) is 14.8 Å². The van der Waals surface area contributed by atoms with Crippen molar-refractivity contribution in [3.63, 3.8) is 0 Å². The van der Waals surface area contributed by atoms with E-state index in [4.69, 9.17) is 12.2 Å². The number of aromatic nitrogens is 2. The van der Waals surface area contributed by atoms with E-state index < -0.39 is 0 Å². The molecule has 0 aliphatic heterocycles. The van der Waals surface area contributed by atoms with Crippen molar-refractivity contribution in [3.05, 3.63) is 42.5 Å². The molecular weight excluding hydrogens is 180 g/mol. The molecule has 1 aromatic rings. The minimum Gasteiger partial charge on any atom is -0.252 e. The van der Waals surface area contributed by atoms with Gasteiger partial charge in [0, 0.05) is 29.3 Å². The SMILES string of the molecule is S=C1CC=CC=C1c1[c]nccn1. The highest BCUT2D eigenvalue weighted by Gasteiger charge is 2.09. The lowest BCUT2D eigenvalue weighted by Crippen LogP contribution is -2.02. The summed E-state index contributed by atoms with van der Waals surface area (Å²) in [6.07, 6.45) is 12.8. The van der Waals surface area contributed by atoms with Crippen LogP contribution in [-0.2, 0) is 0 Å². The number of rotatable bonds is 1. The Kier molecular flexibility index (Phi) is 2.27. The van der Waals surface area contributed by atoms with Crippen molar-refractivity contribution in [1.29, 1.82) is 0 Å². The molecule has 1 aliphatic carbocycles. The van der Waals surface area contributed by atoms with Gasteiger partial charge in [-0.15, -0.1) is 0 Å². The number of allylic oxidation sites excluding steroid dienone is 4. The Morgan fingerprint density at radius 3 is 3.00 bits per heavy atom. The van der Waals surface area contributed by atoms with Crippen LogP contribution < -0.4 is 0 Å². The van der Waals surface area contributed by atoms with E-state index in [2.05, 4.69) is 16.2 Å². The number of hydrogen-bond donors (Lipinski definition) is 0. The molecule has 0 fully saturated rings. The highest BCUT2D eigenvalue weighted by atomic mass is 32.1. The summed E-state index contributed by atoms with van der Waals surface area (Å²) >= 11 is 5.20. The van der Waals surface area contributed by atoms with Gasteiger partial charge in [-0.05, 0) is 0 Å². The molecule has 0 unspecified atom stereocenters. The second kappa shape index (κ2) is 3.58. The maximum atomic E-state index is 5.20. The molecule has 0 aromatic carbocycles. The van der Waals surface area contributed by atoms with E-state index in [1.54, 1.807) is 12.4 Å². The summed E-state index contributed by atoms with van der Waals surface area (Å²) in [6.45, 7) is 0. The molecular formula is C10H7N2S. The predicted octanol–water partition coefficient (Wildman–Crippen LogP) is 1.99. The third-order valence-electron chi connectivity index (χ3n) is 1.77. The van der Waals surface area contributed by atoms with Crippen molar-refractivity contribution in [3.8, 4) is 0 Å². The molecule has 1 radical (unpaired) electrons. The zero-order valence-electron chi connectivity index (χ0n) is 6.90. The first-order valence-electron chi connectivity index (χ1n) is 3.97. The Morgan fingerprint density at radius 2 is 2.31 bits per heavy atom. The Hall–Kier alpha value is -1.35. The van der Waals surface area contributed by atoms with E-state index in [0.717, 1.165) is 22.6 Å². The van der Waals surface area contributed by atoms with E-state index in [1.807, 2.05) is 18.2 Å². The van der Waals surface area contributed by atoms with Crippen LogP contribution in [0.2, 0.25) is 0 Å². The Bertz CT molecular complexity index is 379. The van der Waals surface area contributed by atoms with Crippen LogP contribution in [0.15, 0.2) is 30.6 Å². The largest absolute Gasteiger partial charge is 0.252 e. The molecule has 3 heteroatoms. The molecule has 0 amide bonds. The van der Waals surface area contributed by atoms with E-state index in [-0.39, 0.29) is 0 Å². The Morgan fingerprint density at radius 1 is 1.38 bits per heavy atom. The second-order valence-corrected chi connectivity index (χ2v) is 3.15. The standard InChI is InChI=1S/C10H7N2S/c13-10-4-2-1-3-8(10)9-7-11-5-6-12-9/h1-3,5-6H,4H2. The molecule has 13 heavy (non-hydrogen) atoms. The van der Waals surface area contributed by atoms with Crippen molar-refractivity contribution in [2.24, 2.45) is 0 Å². The summed E-state index contributed by atoms with van der Waals surface area (Å²) < 4.78 is 0. The van der Waals surface area contributed by atoms with Gasteiger partial charge in [-0.3, -0.25) is 9.97 Å². The molecule has 0 N–H and O–H groups in total. The van der Waals surface area contributed by atoms with E-state index in [1.165, 1.54) is 0 Å². The molecule has 0 bridgehead atoms. The van der Waals surface area contributed by atoms with Gasteiger partial charge in [-0.1, -0.05) is 30.4 Å². The topological polar surface area (TPSA) is 25.8 Å². The molecule has 0 atom stereocenters. The van der Waals surface area contributed by atoms with E-state index in [0.29, 0.717) is 0 Å². The summed E-state index contributed by atoms with van der Waals surface area (Å²) in [4.78, 5) is 8.93. The first kappa shape index (κ1) is 8.26. The highest BCUT2D eigenvalue weighted by Crippen LogP contribution is 2.18. The fourth-order valence-corrected chi connectivity index (χ4v) is 1.41. The van der Waals surface area contributed by atoms with Gasteiger partial charge in [0.15, 0.2) is 0 Å². The summed E-state index contributed by atoms with van der Waals surface area (Å²) in [5, 5.41) is 0. The second-order valence-electron chi connectivity index (χ2n) is 2.65. The molecule has 0 spiro atoms. The molecule has 1 aliphatic rings. The smallest absolute Gasteiger partial charge is 0.117 e. The minimum absolute atomic E-state index is 0.733. The molecule has 2 rings (SSSR count). The van der Waals surface area contributed by atoms with Crippen LogP contribution in [0.3, 0.4) is 0 Å². The fourth-order valence-electron chi connectivity index (χ4n) is 1.15. The number of thiocarbonyl (C=S) groups is 1. The average molecular weight is 187 g/mol. The van der Waals surface area contributed by atoms with Crippen molar-refractivity contribution < 1.29 is 0 Å². The number of hydrogen-bond acceptors (Lipinski definition) is 3. The van der Waals surface area contributed by atoms with E-state index in [9.17, 15) is 0 Å². The Balaban J connectivity index is 2.41. The van der Waals surface area contributed by atoms with Crippen LogP contribution in [0.5, 0.6) is 0 Å². The van der Waals surface area contributed by atoms with Crippen LogP contribution in [0.1, 0.15) is 12.1 Å². The monoisotopic (exact) mass is 187 g/mol. The lowest BCUT2D eigenvalue weighted by Gasteiger charge is -2.08. The van der Waals surface area contributed by atoms with Gasteiger partial charge < -0.3 is 0 Å². The maximum Gasteiger partial charge on any atom is 0.117 e. The third kappa shape index (κ3) is 1.70. The van der Waals surface area contributed by atoms with Gasteiger partial charge in [0.2, 0.25) is 0 Å². The zero-order chi connectivity index (χ0) is 9.10. The Labute approximate surface area is 82.0 Å². The van der Waals surface area contributed by atoms with Gasteiger partial charge in [0.25, 0.3) is 0 Å². The molecule has 1 heterocycles. The molecule has 0 saturated carbocycles. The first-order valence-corrected chi connectivity index (χ1v) is 4.38. The molecule has 0 saturated heterocycles. The molecule has 2 nitrogen and oxygen atoms in total. The van der Waals surface area contributed by atoms with Gasteiger partial charge in [0.1, 0.15) is 6.20 Å². The maximum absolute atomic E-state index is 5.20. The molecule has 1 aromatic heterocycles. The summed E-state index contributed by atoms with van der Waals surface area (Å²) in [7, 11) is 0. The summed E-state index contributed by atoms with van der Waals surface area (Å²) in [5.41, 5.74) is 1.70.